The Morgan fingerprint density at radius 2 is 0.697 bits per heavy atom. The van der Waals surface area contributed by atoms with Crippen LogP contribution < -0.4 is 4.90 Å². The van der Waals surface area contributed by atoms with E-state index in [1.54, 1.807) is 0 Å². The zero-order chi connectivity index (χ0) is 43.8. The van der Waals surface area contributed by atoms with Crippen LogP contribution in [0.4, 0.5) is 17.1 Å². The van der Waals surface area contributed by atoms with Gasteiger partial charge in [0.1, 0.15) is 0 Å². The van der Waals surface area contributed by atoms with Gasteiger partial charge in [-0.05, 0) is 128 Å². The van der Waals surface area contributed by atoms with Gasteiger partial charge in [0.25, 0.3) is 0 Å². The minimum Gasteiger partial charge on any atom is -0.310 e. The lowest BCUT2D eigenvalue weighted by Crippen LogP contribution is -2.11. The number of hydrogen-bond acceptors (Lipinski definition) is 1. The molecular weight excluding hydrogens is 797 g/mol. The zero-order valence-electron chi connectivity index (χ0n) is 36.3. The van der Waals surface area contributed by atoms with E-state index in [1.165, 1.54) is 88.2 Å². The molecule has 0 fully saturated rings. The van der Waals surface area contributed by atoms with Crippen molar-refractivity contribution in [3.8, 4) is 61.3 Å². The van der Waals surface area contributed by atoms with Crippen LogP contribution in [0.25, 0.3) is 93.9 Å². The molecular formula is C64H44N2. The molecule has 0 aliphatic carbocycles. The van der Waals surface area contributed by atoms with Gasteiger partial charge < -0.3 is 9.47 Å². The van der Waals surface area contributed by atoms with Gasteiger partial charge >= 0.3 is 0 Å². The Balaban J connectivity index is 0.861. The Bertz CT molecular complexity index is 3620. The number of aromatic nitrogens is 1. The van der Waals surface area contributed by atoms with E-state index in [0.29, 0.717) is 0 Å². The van der Waals surface area contributed by atoms with E-state index in [0.717, 1.165) is 22.7 Å². The van der Waals surface area contributed by atoms with Gasteiger partial charge in [0.15, 0.2) is 0 Å². The van der Waals surface area contributed by atoms with Gasteiger partial charge in [-0.1, -0.05) is 200 Å². The van der Waals surface area contributed by atoms with E-state index in [-0.39, 0.29) is 0 Å². The largest absolute Gasteiger partial charge is 0.310 e. The molecule has 0 saturated heterocycles. The van der Waals surface area contributed by atoms with E-state index >= 15 is 0 Å². The second-order valence-electron chi connectivity index (χ2n) is 17.0. The molecule has 0 unspecified atom stereocenters. The SMILES string of the molecule is c1ccc(-c2ccccc2N(c2ccc(-c3ccc(-c4cccc(-n5c6ccccc6c6ccccc65)c4)cc3)cc2)c2ccc(-c3cccc(-c4ccc5ccccc5c4)c3)cc2)cc1. The summed E-state index contributed by atoms with van der Waals surface area (Å²) >= 11 is 0. The maximum atomic E-state index is 2.38. The molecule has 66 heavy (non-hydrogen) atoms. The van der Waals surface area contributed by atoms with Crippen LogP contribution in [0.3, 0.4) is 0 Å². The summed E-state index contributed by atoms with van der Waals surface area (Å²) in [5, 5.41) is 5.04. The van der Waals surface area contributed by atoms with E-state index < -0.39 is 0 Å². The molecule has 0 saturated carbocycles. The van der Waals surface area contributed by atoms with Crippen LogP contribution in [-0.2, 0) is 0 Å². The molecule has 1 aromatic heterocycles. The van der Waals surface area contributed by atoms with Gasteiger partial charge in [-0.15, -0.1) is 0 Å². The lowest BCUT2D eigenvalue weighted by molar-refractivity contribution is 1.18. The summed E-state index contributed by atoms with van der Waals surface area (Å²) in [6, 6.07) is 96.8. The smallest absolute Gasteiger partial charge is 0.0541 e. The van der Waals surface area contributed by atoms with Crippen molar-refractivity contribution in [1.29, 1.82) is 0 Å². The Kier molecular flexibility index (Phi) is 9.89. The number of benzene rings is 11. The average Bonchev–Trinajstić information content (AvgIpc) is 3.74. The van der Waals surface area contributed by atoms with Crippen LogP contribution in [0.1, 0.15) is 0 Å². The molecule has 0 spiro atoms. The molecule has 11 aromatic carbocycles. The predicted molar refractivity (Wildman–Crippen MR) is 280 cm³/mol. The summed E-state index contributed by atoms with van der Waals surface area (Å²) in [7, 11) is 0. The van der Waals surface area contributed by atoms with Gasteiger partial charge in [0, 0.05) is 33.4 Å². The third-order valence-corrected chi connectivity index (χ3v) is 13.0. The lowest BCUT2D eigenvalue weighted by atomic mass is 9.97. The van der Waals surface area contributed by atoms with Crippen molar-refractivity contribution in [3.63, 3.8) is 0 Å². The third-order valence-electron chi connectivity index (χ3n) is 13.0. The first kappa shape index (κ1) is 38.9. The summed E-state index contributed by atoms with van der Waals surface area (Å²) < 4.78 is 2.38. The molecule has 0 amide bonds. The molecule has 12 rings (SSSR count). The second-order valence-corrected chi connectivity index (χ2v) is 17.0. The molecule has 0 aliphatic rings. The van der Waals surface area contributed by atoms with Crippen molar-refractivity contribution in [3.05, 3.63) is 267 Å². The van der Waals surface area contributed by atoms with Crippen molar-refractivity contribution in [1.82, 2.24) is 4.57 Å². The van der Waals surface area contributed by atoms with E-state index in [1.807, 2.05) is 0 Å². The fourth-order valence-electron chi connectivity index (χ4n) is 9.69. The molecule has 1 heterocycles. The number of fused-ring (bicyclic) bond motifs is 4. The average molecular weight is 841 g/mol. The maximum absolute atomic E-state index is 2.38. The number of para-hydroxylation sites is 3. The monoisotopic (exact) mass is 840 g/mol. The van der Waals surface area contributed by atoms with Crippen LogP contribution in [0.2, 0.25) is 0 Å². The van der Waals surface area contributed by atoms with Gasteiger partial charge in [0.05, 0.1) is 16.7 Å². The molecule has 2 nitrogen and oxygen atoms in total. The summed E-state index contributed by atoms with van der Waals surface area (Å²) in [5.41, 5.74) is 18.8. The highest BCUT2D eigenvalue weighted by molar-refractivity contribution is 6.09. The van der Waals surface area contributed by atoms with E-state index in [2.05, 4.69) is 276 Å². The molecule has 0 radical (unpaired) electrons. The summed E-state index contributed by atoms with van der Waals surface area (Å²) in [5.74, 6) is 0. The van der Waals surface area contributed by atoms with Crippen LogP contribution in [0.15, 0.2) is 267 Å². The lowest BCUT2D eigenvalue weighted by Gasteiger charge is -2.28. The quantitative estimate of drug-likeness (QED) is 0.141. The van der Waals surface area contributed by atoms with Crippen LogP contribution >= 0.6 is 0 Å². The number of nitrogens with zero attached hydrogens (tertiary/aromatic N) is 2. The number of hydrogen-bond donors (Lipinski definition) is 0. The first-order valence-electron chi connectivity index (χ1n) is 22.7. The van der Waals surface area contributed by atoms with Crippen molar-refractivity contribution in [2.75, 3.05) is 4.90 Å². The third kappa shape index (κ3) is 7.21. The predicted octanol–water partition coefficient (Wildman–Crippen LogP) is 17.7. The first-order chi connectivity index (χ1) is 32.7. The van der Waals surface area contributed by atoms with Gasteiger partial charge in [-0.25, -0.2) is 0 Å². The van der Waals surface area contributed by atoms with Crippen molar-refractivity contribution >= 4 is 49.6 Å². The fraction of sp³-hybridized carbons (Fsp3) is 0. The van der Waals surface area contributed by atoms with Gasteiger partial charge in [-0.3, -0.25) is 0 Å². The van der Waals surface area contributed by atoms with Crippen LogP contribution in [0.5, 0.6) is 0 Å². The normalized spacial score (nSPS) is 11.3. The van der Waals surface area contributed by atoms with Crippen molar-refractivity contribution in [2.45, 2.75) is 0 Å². The molecule has 0 aliphatic heterocycles. The molecule has 2 heteroatoms. The zero-order valence-corrected chi connectivity index (χ0v) is 36.3. The Morgan fingerprint density at radius 3 is 1.35 bits per heavy atom. The minimum atomic E-state index is 1.09. The van der Waals surface area contributed by atoms with Crippen molar-refractivity contribution in [2.24, 2.45) is 0 Å². The Labute approximate surface area is 385 Å². The Hall–Kier alpha value is -8.72. The summed E-state index contributed by atoms with van der Waals surface area (Å²) in [4.78, 5) is 2.38. The molecule has 0 atom stereocenters. The topological polar surface area (TPSA) is 8.17 Å². The van der Waals surface area contributed by atoms with Gasteiger partial charge in [-0.2, -0.15) is 0 Å². The minimum absolute atomic E-state index is 1.09. The molecule has 0 N–H and O–H groups in total. The van der Waals surface area contributed by atoms with Crippen LogP contribution in [0, 0.1) is 0 Å². The fourth-order valence-corrected chi connectivity index (χ4v) is 9.69. The maximum Gasteiger partial charge on any atom is 0.0541 e. The molecule has 0 bridgehead atoms. The standard InChI is InChI=1S/C64H44N2/c1-2-15-50(16-3-1)59-22-6-9-25-62(59)65(57-40-36-49(37-41-57)52-18-12-19-53(42-52)55-33-32-45-14-4-5-17-51(45)43-55)56-38-34-47(35-39-56)46-28-30-48(31-29-46)54-20-13-21-58(44-54)66-63-26-10-7-23-60(63)61-24-8-11-27-64(61)66/h1-44H. The number of anilines is 3. The van der Waals surface area contributed by atoms with E-state index in [4.69, 9.17) is 0 Å². The molecule has 310 valence electrons. The Morgan fingerprint density at radius 1 is 0.258 bits per heavy atom. The highest BCUT2D eigenvalue weighted by Crippen LogP contribution is 2.42. The highest BCUT2D eigenvalue weighted by Gasteiger charge is 2.18. The van der Waals surface area contributed by atoms with Crippen molar-refractivity contribution < 1.29 is 0 Å². The highest BCUT2D eigenvalue weighted by atomic mass is 15.1. The van der Waals surface area contributed by atoms with Gasteiger partial charge in [0.2, 0.25) is 0 Å². The second kappa shape index (κ2) is 16.8. The molecule has 12 aromatic rings. The first-order valence-corrected chi connectivity index (χ1v) is 22.7. The van der Waals surface area contributed by atoms with E-state index in [9.17, 15) is 0 Å². The summed E-state index contributed by atoms with van der Waals surface area (Å²) in [6.07, 6.45) is 0. The number of rotatable bonds is 9. The van der Waals surface area contributed by atoms with Crippen LogP contribution in [-0.4, -0.2) is 4.57 Å². The summed E-state index contributed by atoms with van der Waals surface area (Å²) in [6.45, 7) is 0.